The molecule has 6 nitrogen and oxygen atoms in total. The zero-order valence-corrected chi connectivity index (χ0v) is 12.7. The van der Waals surface area contributed by atoms with Crippen LogP contribution in [-0.2, 0) is 9.53 Å². The van der Waals surface area contributed by atoms with Gasteiger partial charge in [0, 0.05) is 26.3 Å². The number of carbonyl (C=O) groups is 2. The topological polar surface area (TPSA) is 80.0 Å². The molecule has 1 aromatic heterocycles. The van der Waals surface area contributed by atoms with Crippen LogP contribution in [0.4, 0.5) is 0 Å². The number of carboxylic acids is 1. The molecular weight excluding hydrogens is 330 g/mol. The van der Waals surface area contributed by atoms with Gasteiger partial charge >= 0.3 is 5.97 Å². The van der Waals surface area contributed by atoms with Crippen LogP contribution in [0.2, 0.25) is 0 Å². The molecule has 0 radical (unpaired) electrons. The van der Waals surface area contributed by atoms with Gasteiger partial charge in [-0.25, -0.2) is 0 Å². The first-order valence-electron chi connectivity index (χ1n) is 6.24. The summed E-state index contributed by atoms with van der Waals surface area (Å²) in [5, 5.41) is 9.45. The van der Waals surface area contributed by atoms with Gasteiger partial charge in [0.15, 0.2) is 4.67 Å². The van der Waals surface area contributed by atoms with Crippen molar-refractivity contribution in [2.45, 2.75) is 12.8 Å². The summed E-state index contributed by atoms with van der Waals surface area (Å²) in [4.78, 5) is 25.4. The minimum absolute atomic E-state index is 0.0984. The van der Waals surface area contributed by atoms with Crippen molar-refractivity contribution in [2.24, 2.45) is 5.41 Å². The predicted molar refractivity (Wildman–Crippen MR) is 73.5 cm³/mol. The maximum atomic E-state index is 12.3. The third kappa shape index (κ3) is 2.88. The molecule has 1 unspecified atom stereocenters. The standard InChI is InChI=1S/C13H16BrNO5/c1-19-8-13(12(17)18)3-2-4-15(7-13)11(16)9-5-10(14)20-6-9/h5-6H,2-4,7-8H2,1H3,(H,17,18). The van der Waals surface area contributed by atoms with Gasteiger partial charge in [0.05, 0.1) is 12.2 Å². The summed E-state index contributed by atoms with van der Waals surface area (Å²) in [6.07, 6.45) is 2.51. The quantitative estimate of drug-likeness (QED) is 0.902. The number of methoxy groups -OCH3 is 1. The number of halogens is 1. The molecule has 20 heavy (non-hydrogen) atoms. The SMILES string of the molecule is COCC1(C(=O)O)CCCN(C(=O)c2coc(Br)c2)C1. The molecule has 110 valence electrons. The molecule has 1 fully saturated rings. The molecule has 1 aliphatic rings. The lowest BCUT2D eigenvalue weighted by Crippen LogP contribution is -2.52. The van der Waals surface area contributed by atoms with Crippen LogP contribution in [0, 0.1) is 5.41 Å². The fourth-order valence-corrected chi connectivity index (χ4v) is 2.88. The lowest BCUT2D eigenvalue weighted by molar-refractivity contribution is -0.155. The Morgan fingerprint density at radius 1 is 1.60 bits per heavy atom. The van der Waals surface area contributed by atoms with Crippen LogP contribution in [0.5, 0.6) is 0 Å². The van der Waals surface area contributed by atoms with E-state index in [1.165, 1.54) is 13.4 Å². The zero-order chi connectivity index (χ0) is 14.8. The summed E-state index contributed by atoms with van der Waals surface area (Å²) < 4.78 is 10.6. The normalized spacial score (nSPS) is 22.8. The van der Waals surface area contributed by atoms with E-state index in [1.54, 1.807) is 11.0 Å². The monoisotopic (exact) mass is 345 g/mol. The Bertz CT molecular complexity index is 511. The third-order valence-electron chi connectivity index (χ3n) is 3.55. The first-order valence-corrected chi connectivity index (χ1v) is 7.03. The Balaban J connectivity index is 2.17. The van der Waals surface area contributed by atoms with E-state index in [0.29, 0.717) is 29.6 Å². The lowest BCUT2D eigenvalue weighted by atomic mass is 9.80. The molecule has 0 saturated carbocycles. The number of furan rings is 1. The van der Waals surface area contributed by atoms with E-state index in [0.717, 1.165) is 0 Å². The number of likely N-dealkylation sites (tertiary alicyclic amines) is 1. The Kier molecular flexibility index (Phi) is 4.49. The molecule has 1 N–H and O–H groups in total. The largest absolute Gasteiger partial charge is 0.481 e. The molecule has 0 spiro atoms. The predicted octanol–water partition coefficient (Wildman–Crippen LogP) is 2.00. The van der Waals surface area contributed by atoms with Gasteiger partial charge < -0.3 is 19.2 Å². The van der Waals surface area contributed by atoms with Crippen molar-refractivity contribution in [1.29, 1.82) is 0 Å². The molecule has 2 rings (SSSR count). The van der Waals surface area contributed by atoms with Gasteiger partial charge in [-0.15, -0.1) is 0 Å². The second kappa shape index (κ2) is 5.97. The summed E-state index contributed by atoms with van der Waals surface area (Å²) in [6.45, 7) is 0.791. The molecule has 0 bridgehead atoms. The van der Waals surface area contributed by atoms with E-state index >= 15 is 0 Å². The molecule has 0 aromatic carbocycles. The van der Waals surface area contributed by atoms with Crippen LogP contribution in [0.15, 0.2) is 21.4 Å². The lowest BCUT2D eigenvalue weighted by Gasteiger charge is -2.39. The fourth-order valence-electron chi connectivity index (χ4n) is 2.54. The number of carbonyl (C=O) groups excluding carboxylic acids is 1. The number of nitrogens with zero attached hydrogens (tertiary/aromatic N) is 1. The second-order valence-corrected chi connectivity index (χ2v) is 5.77. The molecule has 1 aromatic rings. The second-order valence-electron chi connectivity index (χ2n) is 4.99. The maximum absolute atomic E-state index is 12.3. The van der Waals surface area contributed by atoms with Gasteiger partial charge in [-0.2, -0.15) is 0 Å². The number of aliphatic carboxylic acids is 1. The van der Waals surface area contributed by atoms with Crippen LogP contribution in [0.3, 0.4) is 0 Å². The van der Waals surface area contributed by atoms with E-state index in [-0.39, 0.29) is 19.1 Å². The summed E-state index contributed by atoms with van der Waals surface area (Å²) >= 11 is 3.14. The maximum Gasteiger partial charge on any atom is 0.313 e. The Hall–Kier alpha value is -1.34. The molecule has 2 heterocycles. The highest BCUT2D eigenvalue weighted by molar-refractivity contribution is 9.10. The van der Waals surface area contributed by atoms with E-state index in [9.17, 15) is 14.7 Å². The number of rotatable bonds is 4. The van der Waals surface area contributed by atoms with Crippen molar-refractivity contribution >= 4 is 27.8 Å². The Labute approximate surface area is 124 Å². The van der Waals surface area contributed by atoms with Crippen molar-refractivity contribution in [3.8, 4) is 0 Å². The molecular formula is C13H16BrNO5. The summed E-state index contributed by atoms with van der Waals surface area (Å²) in [6, 6.07) is 1.58. The van der Waals surface area contributed by atoms with Gasteiger partial charge in [-0.05, 0) is 28.8 Å². The van der Waals surface area contributed by atoms with Crippen LogP contribution in [0.1, 0.15) is 23.2 Å². The van der Waals surface area contributed by atoms with Crippen LogP contribution in [-0.4, -0.2) is 48.7 Å². The highest BCUT2D eigenvalue weighted by Gasteiger charge is 2.44. The van der Waals surface area contributed by atoms with Crippen molar-refractivity contribution in [3.63, 3.8) is 0 Å². The van der Waals surface area contributed by atoms with E-state index in [1.807, 2.05) is 0 Å². The summed E-state index contributed by atoms with van der Waals surface area (Å²) in [7, 11) is 1.47. The van der Waals surface area contributed by atoms with Crippen molar-refractivity contribution < 1.29 is 23.8 Å². The van der Waals surface area contributed by atoms with Gasteiger partial charge in [0.2, 0.25) is 0 Å². The summed E-state index contributed by atoms with van der Waals surface area (Å²) in [5.74, 6) is -1.15. The van der Waals surface area contributed by atoms with Crippen molar-refractivity contribution in [1.82, 2.24) is 4.90 Å². The van der Waals surface area contributed by atoms with Gasteiger partial charge in [0.1, 0.15) is 11.7 Å². The molecule has 7 heteroatoms. The average Bonchev–Trinajstić information content (AvgIpc) is 2.85. The number of carboxylic acid groups (broad SMARTS) is 1. The molecule has 0 aliphatic carbocycles. The van der Waals surface area contributed by atoms with Crippen LogP contribution >= 0.6 is 15.9 Å². The van der Waals surface area contributed by atoms with Gasteiger partial charge in [-0.1, -0.05) is 0 Å². The van der Waals surface area contributed by atoms with Crippen molar-refractivity contribution in [3.05, 3.63) is 22.6 Å². The molecule has 1 saturated heterocycles. The Morgan fingerprint density at radius 3 is 2.90 bits per heavy atom. The molecule has 1 atom stereocenters. The minimum Gasteiger partial charge on any atom is -0.481 e. The number of hydrogen-bond donors (Lipinski definition) is 1. The van der Waals surface area contributed by atoms with Crippen LogP contribution in [0.25, 0.3) is 0 Å². The van der Waals surface area contributed by atoms with Gasteiger partial charge in [-0.3, -0.25) is 9.59 Å². The van der Waals surface area contributed by atoms with Gasteiger partial charge in [0.25, 0.3) is 5.91 Å². The highest BCUT2D eigenvalue weighted by atomic mass is 79.9. The highest BCUT2D eigenvalue weighted by Crippen LogP contribution is 2.32. The summed E-state index contributed by atoms with van der Waals surface area (Å²) in [5.41, 5.74) is -0.612. The first-order chi connectivity index (χ1) is 9.48. The molecule has 1 aliphatic heterocycles. The fraction of sp³-hybridized carbons (Fsp3) is 0.538. The first kappa shape index (κ1) is 15.1. The third-order valence-corrected chi connectivity index (χ3v) is 3.97. The van der Waals surface area contributed by atoms with Crippen LogP contribution < -0.4 is 0 Å². The Morgan fingerprint density at radius 2 is 2.35 bits per heavy atom. The van der Waals surface area contributed by atoms with Crippen molar-refractivity contribution in [2.75, 3.05) is 26.8 Å². The van der Waals surface area contributed by atoms with E-state index in [2.05, 4.69) is 15.9 Å². The number of hydrogen-bond acceptors (Lipinski definition) is 4. The van der Waals surface area contributed by atoms with E-state index in [4.69, 9.17) is 9.15 Å². The number of ether oxygens (including phenoxy) is 1. The van der Waals surface area contributed by atoms with E-state index < -0.39 is 11.4 Å². The average molecular weight is 346 g/mol. The number of piperidine rings is 1. The number of amides is 1. The minimum atomic E-state index is -1.02. The molecule has 1 amide bonds. The smallest absolute Gasteiger partial charge is 0.313 e. The zero-order valence-electron chi connectivity index (χ0n) is 11.1.